The van der Waals surface area contributed by atoms with Crippen LogP contribution in [0.15, 0.2) is 12.4 Å². The highest BCUT2D eigenvalue weighted by molar-refractivity contribution is 7.05. The Hall–Kier alpha value is -1.60. The van der Waals surface area contributed by atoms with E-state index in [4.69, 9.17) is 4.74 Å². The SMILES string of the molecule is CCNC(c1nccnc1OC)c1snnc1C(C)C. The molecular formula is C13H19N5OS. The molecule has 1 atom stereocenters. The molecule has 0 radical (unpaired) electrons. The van der Waals surface area contributed by atoms with Crippen molar-refractivity contribution < 1.29 is 4.74 Å². The molecule has 0 aliphatic rings. The third-order valence-electron chi connectivity index (χ3n) is 2.92. The Morgan fingerprint density at radius 2 is 2.00 bits per heavy atom. The van der Waals surface area contributed by atoms with E-state index in [1.807, 2.05) is 0 Å². The average Bonchev–Trinajstić information content (AvgIpc) is 2.94. The zero-order valence-electron chi connectivity index (χ0n) is 12.1. The number of nitrogens with one attached hydrogen (secondary N) is 1. The molecule has 0 aliphatic heterocycles. The Kier molecular flexibility index (Phi) is 4.97. The summed E-state index contributed by atoms with van der Waals surface area (Å²) in [4.78, 5) is 9.72. The number of aromatic nitrogens is 4. The van der Waals surface area contributed by atoms with Crippen LogP contribution in [0.25, 0.3) is 0 Å². The summed E-state index contributed by atoms with van der Waals surface area (Å²) in [7, 11) is 1.60. The third kappa shape index (κ3) is 2.94. The van der Waals surface area contributed by atoms with Crippen LogP contribution in [0.4, 0.5) is 0 Å². The summed E-state index contributed by atoms with van der Waals surface area (Å²) >= 11 is 1.39. The first-order valence-corrected chi connectivity index (χ1v) is 7.36. The van der Waals surface area contributed by atoms with Gasteiger partial charge in [0.25, 0.3) is 0 Å². The van der Waals surface area contributed by atoms with Crippen LogP contribution < -0.4 is 10.1 Å². The number of methoxy groups -OCH3 is 1. The molecule has 2 rings (SSSR count). The maximum atomic E-state index is 5.32. The van der Waals surface area contributed by atoms with E-state index < -0.39 is 0 Å². The fourth-order valence-corrected chi connectivity index (χ4v) is 2.90. The first kappa shape index (κ1) is 14.8. The molecular weight excluding hydrogens is 274 g/mol. The van der Waals surface area contributed by atoms with Crippen molar-refractivity contribution >= 4 is 11.5 Å². The lowest BCUT2D eigenvalue weighted by atomic mass is 10.0. The second-order valence-corrected chi connectivity index (χ2v) is 5.40. The summed E-state index contributed by atoms with van der Waals surface area (Å²) in [6.07, 6.45) is 3.30. The van der Waals surface area contributed by atoms with E-state index in [9.17, 15) is 0 Å². The number of nitrogens with zero attached hydrogens (tertiary/aromatic N) is 4. The summed E-state index contributed by atoms with van der Waals surface area (Å²) in [5.74, 6) is 0.842. The van der Waals surface area contributed by atoms with E-state index in [2.05, 4.69) is 45.6 Å². The van der Waals surface area contributed by atoms with Crippen LogP contribution in [0.5, 0.6) is 5.88 Å². The van der Waals surface area contributed by atoms with Crippen molar-refractivity contribution in [1.29, 1.82) is 0 Å². The van der Waals surface area contributed by atoms with E-state index >= 15 is 0 Å². The quantitative estimate of drug-likeness (QED) is 0.880. The highest BCUT2D eigenvalue weighted by atomic mass is 32.1. The third-order valence-corrected chi connectivity index (χ3v) is 3.72. The van der Waals surface area contributed by atoms with Crippen molar-refractivity contribution in [3.8, 4) is 5.88 Å². The lowest BCUT2D eigenvalue weighted by molar-refractivity contribution is 0.383. The Morgan fingerprint density at radius 3 is 2.65 bits per heavy atom. The van der Waals surface area contributed by atoms with Gasteiger partial charge in [0.15, 0.2) is 0 Å². The molecule has 2 aromatic heterocycles. The van der Waals surface area contributed by atoms with Crippen LogP contribution in [0.3, 0.4) is 0 Å². The van der Waals surface area contributed by atoms with E-state index in [-0.39, 0.29) is 6.04 Å². The number of hydrogen-bond acceptors (Lipinski definition) is 7. The van der Waals surface area contributed by atoms with Gasteiger partial charge in [0.2, 0.25) is 5.88 Å². The van der Waals surface area contributed by atoms with Crippen molar-refractivity contribution in [1.82, 2.24) is 24.9 Å². The molecule has 0 fully saturated rings. The van der Waals surface area contributed by atoms with Gasteiger partial charge in [0, 0.05) is 12.4 Å². The molecule has 0 saturated carbocycles. The summed E-state index contributed by atoms with van der Waals surface area (Å²) in [5, 5.41) is 7.66. The highest BCUT2D eigenvalue weighted by Crippen LogP contribution is 2.32. The fourth-order valence-electron chi connectivity index (χ4n) is 2.01. The number of hydrogen-bond donors (Lipinski definition) is 1. The fraction of sp³-hybridized carbons (Fsp3) is 0.538. The van der Waals surface area contributed by atoms with E-state index in [1.165, 1.54) is 11.5 Å². The van der Waals surface area contributed by atoms with Crippen LogP contribution in [0.1, 0.15) is 49.0 Å². The summed E-state index contributed by atoms with van der Waals surface area (Å²) in [6.45, 7) is 7.08. The predicted octanol–water partition coefficient (Wildman–Crippen LogP) is 2.16. The molecule has 0 bridgehead atoms. The van der Waals surface area contributed by atoms with Crippen molar-refractivity contribution in [2.75, 3.05) is 13.7 Å². The van der Waals surface area contributed by atoms with Gasteiger partial charge in [0.1, 0.15) is 5.69 Å². The van der Waals surface area contributed by atoms with Gasteiger partial charge in [-0.25, -0.2) is 4.98 Å². The average molecular weight is 293 g/mol. The standard InChI is InChI=1S/C13H19N5OS/c1-5-14-10(11-13(19-4)16-7-6-15-11)12-9(8(2)3)17-18-20-12/h6-8,10,14H,5H2,1-4H3. The van der Waals surface area contributed by atoms with Crippen LogP contribution in [0.2, 0.25) is 0 Å². The number of ether oxygens (including phenoxy) is 1. The van der Waals surface area contributed by atoms with Crippen LogP contribution in [0, 0.1) is 0 Å². The Balaban J connectivity index is 2.48. The first-order chi connectivity index (χ1) is 9.69. The van der Waals surface area contributed by atoms with Gasteiger partial charge in [-0.05, 0) is 24.0 Å². The summed E-state index contributed by atoms with van der Waals surface area (Å²) < 4.78 is 9.41. The van der Waals surface area contributed by atoms with Crippen LogP contribution in [-0.2, 0) is 0 Å². The van der Waals surface area contributed by atoms with Gasteiger partial charge >= 0.3 is 0 Å². The minimum Gasteiger partial charge on any atom is -0.480 e. The largest absolute Gasteiger partial charge is 0.480 e. The molecule has 2 heterocycles. The Morgan fingerprint density at radius 1 is 1.25 bits per heavy atom. The van der Waals surface area contributed by atoms with Crippen LogP contribution >= 0.6 is 11.5 Å². The molecule has 108 valence electrons. The number of rotatable bonds is 6. The van der Waals surface area contributed by atoms with Crippen molar-refractivity contribution in [2.24, 2.45) is 0 Å². The topological polar surface area (TPSA) is 72.8 Å². The minimum absolute atomic E-state index is 0.0963. The molecule has 0 aliphatic carbocycles. The molecule has 1 N–H and O–H groups in total. The maximum absolute atomic E-state index is 5.32. The molecule has 20 heavy (non-hydrogen) atoms. The molecule has 2 aromatic rings. The highest BCUT2D eigenvalue weighted by Gasteiger charge is 2.26. The van der Waals surface area contributed by atoms with Crippen molar-refractivity contribution in [3.05, 3.63) is 28.7 Å². The smallest absolute Gasteiger partial charge is 0.237 e. The second kappa shape index (κ2) is 6.71. The van der Waals surface area contributed by atoms with Gasteiger partial charge in [-0.1, -0.05) is 25.3 Å². The summed E-state index contributed by atoms with van der Waals surface area (Å²) in [5.41, 5.74) is 1.76. The molecule has 1 unspecified atom stereocenters. The van der Waals surface area contributed by atoms with Gasteiger partial charge in [-0.2, -0.15) is 0 Å². The molecule has 0 amide bonds. The zero-order valence-corrected chi connectivity index (χ0v) is 12.9. The lowest BCUT2D eigenvalue weighted by Gasteiger charge is -2.18. The predicted molar refractivity (Wildman–Crippen MR) is 78.1 cm³/mol. The van der Waals surface area contributed by atoms with Crippen molar-refractivity contribution in [2.45, 2.75) is 32.7 Å². The Bertz CT molecular complexity index is 557. The van der Waals surface area contributed by atoms with Gasteiger partial charge in [-0.15, -0.1) is 5.10 Å². The van der Waals surface area contributed by atoms with Crippen LogP contribution in [-0.4, -0.2) is 33.2 Å². The molecule has 0 saturated heterocycles. The molecule has 7 heteroatoms. The monoisotopic (exact) mass is 293 g/mol. The first-order valence-electron chi connectivity index (χ1n) is 6.59. The minimum atomic E-state index is -0.0963. The molecule has 0 spiro atoms. The Labute approximate surface area is 122 Å². The van der Waals surface area contributed by atoms with E-state index in [0.29, 0.717) is 11.8 Å². The normalized spacial score (nSPS) is 12.7. The zero-order chi connectivity index (χ0) is 14.5. The molecule has 0 aromatic carbocycles. The summed E-state index contributed by atoms with van der Waals surface area (Å²) in [6, 6.07) is -0.0963. The van der Waals surface area contributed by atoms with Gasteiger partial charge in [-0.3, -0.25) is 4.98 Å². The molecule has 6 nitrogen and oxygen atoms in total. The van der Waals surface area contributed by atoms with Gasteiger partial charge in [0.05, 0.1) is 23.7 Å². The maximum Gasteiger partial charge on any atom is 0.237 e. The second-order valence-electron chi connectivity index (χ2n) is 4.62. The lowest BCUT2D eigenvalue weighted by Crippen LogP contribution is -2.24. The van der Waals surface area contributed by atoms with E-state index in [1.54, 1.807) is 19.5 Å². The van der Waals surface area contributed by atoms with Gasteiger partial charge < -0.3 is 10.1 Å². The van der Waals surface area contributed by atoms with E-state index in [0.717, 1.165) is 22.8 Å². The van der Waals surface area contributed by atoms with Crippen molar-refractivity contribution in [3.63, 3.8) is 0 Å².